The lowest BCUT2D eigenvalue weighted by Gasteiger charge is -2.04. The van der Waals surface area contributed by atoms with Crippen molar-refractivity contribution < 1.29 is 22.6 Å². The average molecular weight is 303 g/mol. The third-order valence-corrected chi connectivity index (χ3v) is 3.21. The minimum atomic E-state index is -4.44. The molecule has 0 aliphatic heterocycles. The molecule has 1 heterocycles. The topological polar surface area (TPSA) is 31.4 Å². The molecule has 1 aromatic heterocycles. The Hall–Kier alpha value is -1.60. The van der Waals surface area contributed by atoms with Crippen molar-refractivity contribution in [2.45, 2.75) is 12.6 Å². The minimum absolute atomic E-state index is 0.0260. The molecule has 108 valence electrons. The van der Waals surface area contributed by atoms with Gasteiger partial charge in [0, 0.05) is 12.5 Å². The van der Waals surface area contributed by atoms with Crippen LogP contribution >= 0.6 is 11.3 Å². The van der Waals surface area contributed by atoms with E-state index < -0.39 is 11.9 Å². The number of rotatable bonds is 5. The highest BCUT2D eigenvalue weighted by molar-refractivity contribution is 7.11. The van der Waals surface area contributed by atoms with Gasteiger partial charge >= 0.3 is 6.18 Å². The van der Waals surface area contributed by atoms with Gasteiger partial charge in [-0.3, -0.25) is 0 Å². The number of thiazole rings is 1. The lowest BCUT2D eigenvalue weighted by Crippen LogP contribution is -2.04. The van der Waals surface area contributed by atoms with Gasteiger partial charge in [-0.25, -0.2) is 0 Å². The Morgan fingerprint density at radius 2 is 1.90 bits per heavy atom. The molecular weight excluding hydrogens is 291 g/mol. The number of aromatic nitrogens is 1. The van der Waals surface area contributed by atoms with Crippen molar-refractivity contribution in [2.75, 3.05) is 13.7 Å². The zero-order valence-electron chi connectivity index (χ0n) is 10.6. The summed E-state index contributed by atoms with van der Waals surface area (Å²) in [5.41, 5.74) is 0.128. The molecule has 20 heavy (non-hydrogen) atoms. The largest absolute Gasteiger partial charge is 0.434 e. The quantitative estimate of drug-likeness (QED) is 0.831. The number of benzene rings is 1. The predicted molar refractivity (Wildman–Crippen MR) is 69.2 cm³/mol. The predicted octanol–water partition coefficient (Wildman–Crippen LogP) is 4.14. The Morgan fingerprint density at radius 3 is 2.45 bits per heavy atom. The van der Waals surface area contributed by atoms with Crippen LogP contribution in [0.1, 0.15) is 11.3 Å². The molecule has 0 spiro atoms. The summed E-state index contributed by atoms with van der Waals surface area (Å²) in [6, 6.07) is 7.07. The molecule has 0 bridgehead atoms. The summed E-state index contributed by atoms with van der Waals surface area (Å²) in [5.74, 6) is 0.453. The number of methoxy groups -OCH3 is 1. The molecule has 1 aromatic carbocycles. The highest BCUT2D eigenvalue weighted by Gasteiger charge is 2.34. The van der Waals surface area contributed by atoms with Crippen LogP contribution < -0.4 is 4.74 Å². The van der Waals surface area contributed by atoms with E-state index >= 15 is 0 Å². The fraction of sp³-hybridized carbons (Fsp3) is 0.308. The van der Waals surface area contributed by atoms with E-state index in [-0.39, 0.29) is 5.19 Å². The first-order chi connectivity index (χ1) is 9.49. The van der Waals surface area contributed by atoms with Gasteiger partial charge < -0.3 is 9.47 Å². The summed E-state index contributed by atoms with van der Waals surface area (Å²) in [6.45, 7) is 0.613. The molecule has 0 aliphatic carbocycles. The van der Waals surface area contributed by atoms with Gasteiger partial charge in [0.1, 0.15) is 5.75 Å². The Labute approximate surface area is 118 Å². The summed E-state index contributed by atoms with van der Waals surface area (Å²) >= 11 is 0.816. The number of ether oxygens (including phenoxy) is 2. The van der Waals surface area contributed by atoms with Gasteiger partial charge in [0.25, 0.3) is 5.19 Å². The van der Waals surface area contributed by atoms with Gasteiger partial charge in [-0.15, -0.1) is 0 Å². The summed E-state index contributed by atoms with van der Waals surface area (Å²) in [5, 5.41) is 0.907. The van der Waals surface area contributed by atoms with E-state index in [1.54, 1.807) is 19.2 Å². The molecule has 0 saturated carbocycles. The van der Waals surface area contributed by atoms with Crippen LogP contribution in [0.3, 0.4) is 0 Å². The van der Waals surface area contributed by atoms with E-state index in [4.69, 9.17) is 9.47 Å². The van der Waals surface area contributed by atoms with E-state index in [9.17, 15) is 13.2 Å². The molecular formula is C13H12F3NO2S. The normalized spacial score (nSPS) is 11.6. The van der Waals surface area contributed by atoms with E-state index in [1.165, 1.54) is 0 Å². The Morgan fingerprint density at radius 1 is 1.20 bits per heavy atom. The molecule has 7 heteroatoms. The lowest BCUT2D eigenvalue weighted by atomic mass is 10.1. The zero-order chi connectivity index (χ0) is 14.6. The summed E-state index contributed by atoms with van der Waals surface area (Å²) in [6.07, 6.45) is -3.67. The van der Waals surface area contributed by atoms with Crippen molar-refractivity contribution in [3.63, 3.8) is 0 Å². The molecule has 0 N–H and O–H groups in total. The highest BCUT2D eigenvalue weighted by atomic mass is 32.1. The number of halogens is 3. The number of hydrogen-bond acceptors (Lipinski definition) is 4. The first kappa shape index (κ1) is 14.8. The van der Waals surface area contributed by atoms with E-state index in [0.717, 1.165) is 28.7 Å². The number of nitrogens with zero attached hydrogens (tertiary/aromatic N) is 1. The molecule has 0 aliphatic rings. The lowest BCUT2D eigenvalue weighted by molar-refractivity contribution is -0.140. The molecule has 0 atom stereocenters. The molecule has 2 aromatic rings. The van der Waals surface area contributed by atoms with Gasteiger partial charge in [-0.2, -0.15) is 18.2 Å². The maximum absolute atomic E-state index is 12.4. The van der Waals surface area contributed by atoms with Crippen LogP contribution in [-0.4, -0.2) is 18.7 Å². The molecule has 0 radical (unpaired) electrons. The third kappa shape index (κ3) is 3.94. The third-order valence-electron chi connectivity index (χ3n) is 2.50. The maximum Gasteiger partial charge on any atom is 0.434 e. The fourth-order valence-corrected chi connectivity index (χ4v) is 2.17. The summed E-state index contributed by atoms with van der Waals surface area (Å²) in [7, 11) is 1.62. The second-order valence-corrected chi connectivity index (χ2v) is 4.81. The van der Waals surface area contributed by atoms with Crippen molar-refractivity contribution in [1.82, 2.24) is 4.98 Å². The monoisotopic (exact) mass is 303 g/mol. The highest BCUT2D eigenvalue weighted by Crippen LogP contribution is 2.34. The maximum atomic E-state index is 12.4. The van der Waals surface area contributed by atoms with Crippen LogP contribution in [0.5, 0.6) is 10.9 Å². The number of alkyl halides is 3. The van der Waals surface area contributed by atoms with Crippen molar-refractivity contribution in [1.29, 1.82) is 0 Å². The summed E-state index contributed by atoms with van der Waals surface area (Å²) in [4.78, 5) is 3.40. The Balaban J connectivity index is 2.01. The molecule has 0 fully saturated rings. The standard InChI is InChI=1S/C13H12F3NO2S/c1-18-7-6-9-2-4-10(5-3-9)19-12-17-11(8-20-12)13(14,15)16/h2-5,8H,6-7H2,1H3. The Kier molecular flexibility index (Phi) is 4.61. The molecule has 0 unspecified atom stereocenters. The van der Waals surface area contributed by atoms with E-state index in [0.29, 0.717) is 12.4 Å². The van der Waals surface area contributed by atoms with Crippen molar-refractivity contribution in [2.24, 2.45) is 0 Å². The molecule has 3 nitrogen and oxygen atoms in total. The average Bonchev–Trinajstić information content (AvgIpc) is 2.86. The number of hydrogen-bond donors (Lipinski definition) is 0. The molecule has 2 rings (SSSR count). The zero-order valence-corrected chi connectivity index (χ0v) is 11.4. The van der Waals surface area contributed by atoms with Gasteiger partial charge in [0.05, 0.1) is 6.61 Å². The van der Waals surface area contributed by atoms with Gasteiger partial charge in [-0.1, -0.05) is 23.5 Å². The molecule has 0 amide bonds. The van der Waals surface area contributed by atoms with E-state index in [2.05, 4.69) is 4.98 Å². The van der Waals surface area contributed by atoms with Gasteiger partial charge in [0.15, 0.2) is 5.69 Å². The Bertz CT molecular complexity index is 551. The first-order valence-electron chi connectivity index (χ1n) is 5.77. The van der Waals surface area contributed by atoms with Crippen LogP contribution in [0.2, 0.25) is 0 Å². The summed E-state index contributed by atoms with van der Waals surface area (Å²) < 4.78 is 47.4. The van der Waals surface area contributed by atoms with Crippen LogP contribution in [0.4, 0.5) is 13.2 Å². The minimum Gasteiger partial charge on any atom is -0.431 e. The van der Waals surface area contributed by atoms with Gasteiger partial charge in [0.2, 0.25) is 0 Å². The van der Waals surface area contributed by atoms with Crippen molar-refractivity contribution in [3.8, 4) is 10.9 Å². The van der Waals surface area contributed by atoms with E-state index in [1.807, 2.05) is 12.1 Å². The first-order valence-corrected chi connectivity index (χ1v) is 6.65. The van der Waals surface area contributed by atoms with Crippen molar-refractivity contribution >= 4 is 11.3 Å². The van der Waals surface area contributed by atoms with Crippen LogP contribution in [0.15, 0.2) is 29.6 Å². The smallest absolute Gasteiger partial charge is 0.431 e. The van der Waals surface area contributed by atoms with Crippen LogP contribution in [0.25, 0.3) is 0 Å². The van der Waals surface area contributed by atoms with Crippen LogP contribution in [0, 0.1) is 0 Å². The second-order valence-electron chi connectivity index (χ2n) is 3.99. The fourth-order valence-electron chi connectivity index (χ4n) is 1.48. The molecule has 0 saturated heterocycles. The van der Waals surface area contributed by atoms with Gasteiger partial charge in [-0.05, 0) is 24.1 Å². The van der Waals surface area contributed by atoms with Crippen LogP contribution in [-0.2, 0) is 17.3 Å². The van der Waals surface area contributed by atoms with Crippen molar-refractivity contribution in [3.05, 3.63) is 40.9 Å². The SMILES string of the molecule is COCCc1ccc(Oc2nc(C(F)(F)F)cs2)cc1. The second kappa shape index (κ2) is 6.23.